The Morgan fingerprint density at radius 3 is 2.74 bits per heavy atom. The molecule has 0 radical (unpaired) electrons. The number of aromatic nitrogens is 2. The third kappa shape index (κ3) is 3.55. The van der Waals surface area contributed by atoms with E-state index in [1.54, 1.807) is 6.20 Å². The van der Waals surface area contributed by atoms with E-state index in [9.17, 15) is 4.79 Å². The Labute approximate surface area is 193 Å². The van der Waals surface area contributed by atoms with E-state index in [1.165, 1.54) is 23.1 Å². The van der Waals surface area contributed by atoms with Crippen LogP contribution in [-0.4, -0.2) is 20.4 Å². The fourth-order valence-electron chi connectivity index (χ4n) is 3.96. The van der Waals surface area contributed by atoms with Crippen molar-refractivity contribution in [2.45, 2.75) is 19.4 Å². The Hall–Kier alpha value is -2.67. The highest BCUT2D eigenvalue weighted by molar-refractivity contribution is 8.19. The molecule has 0 aliphatic carbocycles. The molecule has 1 fully saturated rings. The number of carbonyl (C=O) groups excluding carboxylic acids is 1. The third-order valence-corrected chi connectivity index (χ3v) is 7.73. The van der Waals surface area contributed by atoms with Crippen molar-refractivity contribution in [1.82, 2.24) is 9.55 Å². The molecular formula is C24H18ClN3OS2. The molecule has 1 N–H and O–H groups in total. The van der Waals surface area contributed by atoms with Crippen molar-refractivity contribution >= 4 is 62.5 Å². The van der Waals surface area contributed by atoms with Crippen LogP contribution in [0, 0.1) is 12.3 Å². The number of para-hydroxylation sites is 1. The number of hydrogen-bond acceptors (Lipinski definition) is 5. The lowest BCUT2D eigenvalue weighted by Crippen LogP contribution is -2.11. The van der Waals surface area contributed by atoms with Crippen LogP contribution in [0.4, 0.5) is 0 Å². The molecule has 0 bridgehead atoms. The fraction of sp³-hybridized carbons (Fsp3) is 0.125. The first kappa shape index (κ1) is 20.2. The first-order valence-electron chi connectivity index (χ1n) is 9.77. The summed E-state index contributed by atoms with van der Waals surface area (Å²) in [4.78, 5) is 18.0. The summed E-state index contributed by atoms with van der Waals surface area (Å²) in [6, 6.07) is 16.0. The van der Waals surface area contributed by atoms with E-state index >= 15 is 0 Å². The lowest BCUT2D eigenvalue weighted by molar-refractivity contribution is -0.114. The summed E-state index contributed by atoms with van der Waals surface area (Å²) < 4.78 is 2.23. The van der Waals surface area contributed by atoms with Crippen LogP contribution in [0.2, 0.25) is 5.02 Å². The Morgan fingerprint density at radius 1 is 1.19 bits per heavy atom. The number of carbonyl (C=O) groups is 1. The molecule has 0 unspecified atom stereocenters. The normalized spacial score (nSPS) is 17.9. The maximum atomic E-state index is 13.1. The number of thiazole rings is 1. The molecule has 2 aromatic carbocycles. The summed E-state index contributed by atoms with van der Waals surface area (Å²) in [6.45, 7) is 2.71. The van der Waals surface area contributed by atoms with Crippen molar-refractivity contribution in [3.8, 4) is 0 Å². The third-order valence-electron chi connectivity index (χ3n) is 5.53. The lowest BCUT2D eigenvalue weighted by atomic mass is 10.0. The predicted molar refractivity (Wildman–Crippen MR) is 130 cm³/mol. The van der Waals surface area contributed by atoms with Gasteiger partial charge in [0.05, 0.1) is 9.95 Å². The molecule has 31 heavy (non-hydrogen) atoms. The summed E-state index contributed by atoms with van der Waals surface area (Å²) in [5, 5.41) is 13.0. The molecule has 0 saturated carbocycles. The van der Waals surface area contributed by atoms with Crippen molar-refractivity contribution in [3.05, 3.63) is 91.9 Å². The number of allylic oxidation sites excluding steroid dienone is 1. The summed E-state index contributed by atoms with van der Waals surface area (Å²) in [5.41, 5.74) is 4.20. The van der Waals surface area contributed by atoms with Gasteiger partial charge in [-0.05, 0) is 30.7 Å². The van der Waals surface area contributed by atoms with Crippen LogP contribution < -0.4 is 0 Å². The second-order valence-electron chi connectivity index (χ2n) is 7.34. The van der Waals surface area contributed by atoms with E-state index in [0.29, 0.717) is 21.5 Å². The van der Waals surface area contributed by atoms with Crippen LogP contribution >= 0.6 is 34.7 Å². The number of nitrogens with one attached hydrogen (secondary N) is 1. The fourth-order valence-corrected chi connectivity index (χ4v) is 5.95. The molecule has 5 rings (SSSR count). The molecule has 4 nitrogen and oxygen atoms in total. The quantitative estimate of drug-likeness (QED) is 0.350. The number of rotatable bonds is 4. The standard InChI is InChI=1S/C24H18ClN3OS2/c1-14-17(12-20-22(29)21(23(26)31-20)24-27-10-11-30-24)16-7-3-5-9-19(16)28(14)13-15-6-2-4-8-18(15)25/h2-12,21,26H,13H2,1H3/b20-12-,26-23?/t21-/m1/s1. The lowest BCUT2D eigenvalue weighted by Gasteiger charge is -2.10. The van der Waals surface area contributed by atoms with Gasteiger partial charge in [-0.1, -0.05) is 59.8 Å². The zero-order valence-electron chi connectivity index (χ0n) is 16.6. The van der Waals surface area contributed by atoms with Crippen LogP contribution in [0.3, 0.4) is 0 Å². The summed E-state index contributed by atoms with van der Waals surface area (Å²) in [7, 11) is 0. The maximum Gasteiger partial charge on any atom is 0.186 e. The van der Waals surface area contributed by atoms with E-state index in [2.05, 4.69) is 28.6 Å². The minimum Gasteiger partial charge on any atom is -0.340 e. The number of fused-ring (bicyclic) bond motifs is 1. The van der Waals surface area contributed by atoms with Gasteiger partial charge >= 0.3 is 0 Å². The van der Waals surface area contributed by atoms with Gasteiger partial charge in [-0.15, -0.1) is 11.3 Å². The summed E-state index contributed by atoms with van der Waals surface area (Å²) in [5.74, 6) is -0.625. The number of nitrogens with zero attached hydrogens (tertiary/aromatic N) is 2. The molecule has 7 heteroatoms. The first-order valence-corrected chi connectivity index (χ1v) is 11.8. The smallest absolute Gasteiger partial charge is 0.186 e. The average Bonchev–Trinajstić information content (AvgIpc) is 3.44. The van der Waals surface area contributed by atoms with E-state index in [-0.39, 0.29) is 5.78 Å². The van der Waals surface area contributed by atoms with Gasteiger partial charge in [0.15, 0.2) is 5.78 Å². The highest BCUT2D eigenvalue weighted by Gasteiger charge is 2.38. The Balaban J connectivity index is 1.60. The number of halogens is 1. The van der Waals surface area contributed by atoms with E-state index in [4.69, 9.17) is 17.0 Å². The van der Waals surface area contributed by atoms with E-state index < -0.39 is 5.92 Å². The number of Topliss-reactive ketones (excluding diaryl/α,β-unsaturated/α-hetero) is 1. The van der Waals surface area contributed by atoms with Crippen molar-refractivity contribution in [2.24, 2.45) is 0 Å². The van der Waals surface area contributed by atoms with Gasteiger partial charge < -0.3 is 4.57 Å². The number of benzene rings is 2. The SMILES string of the molecule is Cc1c(/C=C2\SC(=N)[C@H](c3nccs3)C2=O)c2ccccc2n1Cc1ccccc1Cl. The van der Waals surface area contributed by atoms with Gasteiger partial charge in [-0.25, -0.2) is 4.98 Å². The Morgan fingerprint density at radius 2 is 1.97 bits per heavy atom. The second kappa shape index (κ2) is 8.11. The summed E-state index contributed by atoms with van der Waals surface area (Å²) in [6.07, 6.45) is 3.62. The van der Waals surface area contributed by atoms with Crippen LogP contribution in [0.25, 0.3) is 17.0 Å². The molecule has 1 aliphatic heterocycles. The van der Waals surface area contributed by atoms with E-state index in [0.717, 1.165) is 32.7 Å². The number of ketones is 1. The van der Waals surface area contributed by atoms with Gasteiger partial charge in [0.2, 0.25) is 0 Å². The average molecular weight is 464 g/mol. The molecule has 0 amide bonds. The van der Waals surface area contributed by atoms with Crippen LogP contribution in [-0.2, 0) is 11.3 Å². The first-order chi connectivity index (χ1) is 15.0. The number of hydrogen-bond donors (Lipinski definition) is 1. The van der Waals surface area contributed by atoms with Crippen molar-refractivity contribution in [2.75, 3.05) is 0 Å². The van der Waals surface area contributed by atoms with Gasteiger partial charge in [-0.3, -0.25) is 10.2 Å². The molecular weight excluding hydrogens is 446 g/mol. The molecule has 154 valence electrons. The largest absolute Gasteiger partial charge is 0.340 e. The molecule has 1 atom stereocenters. The molecule has 0 spiro atoms. The zero-order valence-corrected chi connectivity index (χ0v) is 19.0. The zero-order chi connectivity index (χ0) is 21.5. The molecule has 1 aliphatic rings. The van der Waals surface area contributed by atoms with Gasteiger partial charge in [0.25, 0.3) is 0 Å². The summed E-state index contributed by atoms with van der Waals surface area (Å²) >= 11 is 9.08. The van der Waals surface area contributed by atoms with Crippen LogP contribution in [0.1, 0.15) is 27.7 Å². The minimum atomic E-state index is -0.576. The Kier molecular flexibility index (Phi) is 5.30. The van der Waals surface area contributed by atoms with Crippen molar-refractivity contribution in [3.63, 3.8) is 0 Å². The van der Waals surface area contributed by atoms with Gasteiger partial charge in [0.1, 0.15) is 10.9 Å². The minimum absolute atomic E-state index is 0.0488. The second-order valence-corrected chi connectivity index (χ2v) is 9.75. The maximum absolute atomic E-state index is 13.1. The topological polar surface area (TPSA) is 58.7 Å². The van der Waals surface area contributed by atoms with Crippen LogP contribution in [0.5, 0.6) is 0 Å². The number of thioether (sulfide) groups is 1. The monoisotopic (exact) mass is 463 g/mol. The molecule has 4 aromatic rings. The highest BCUT2D eigenvalue weighted by Crippen LogP contribution is 2.42. The van der Waals surface area contributed by atoms with Gasteiger partial charge in [0, 0.05) is 45.3 Å². The van der Waals surface area contributed by atoms with Crippen LogP contribution in [0.15, 0.2) is 65.0 Å². The Bertz CT molecular complexity index is 1350. The molecule has 1 saturated heterocycles. The van der Waals surface area contributed by atoms with Gasteiger partial charge in [-0.2, -0.15) is 0 Å². The predicted octanol–water partition coefficient (Wildman–Crippen LogP) is 6.53. The molecule has 2 aromatic heterocycles. The highest BCUT2D eigenvalue weighted by atomic mass is 35.5. The molecule has 3 heterocycles. The van der Waals surface area contributed by atoms with Crippen molar-refractivity contribution in [1.29, 1.82) is 5.41 Å². The van der Waals surface area contributed by atoms with E-state index in [1.807, 2.05) is 47.9 Å². The van der Waals surface area contributed by atoms with Crippen molar-refractivity contribution < 1.29 is 4.79 Å².